The van der Waals surface area contributed by atoms with Gasteiger partial charge in [-0.3, -0.25) is 9.78 Å². The molecule has 3 heterocycles. The topological polar surface area (TPSA) is 92.2 Å². The fraction of sp³-hybridized carbons (Fsp3) is 0.667. The second-order valence-electron chi connectivity index (χ2n) is 8.19. The number of carboxylic acid groups (broad SMARTS) is 1. The van der Waals surface area contributed by atoms with Crippen molar-refractivity contribution >= 4 is 11.9 Å². The SMILES string of the molecule is COCCN(C)CC1COC2(CCCN(C(=O)c3ccncc3)C2)C1.O=C(O)C(F)(F)F. The Kier molecular flexibility index (Phi) is 9.41. The maximum absolute atomic E-state index is 12.7. The van der Waals surface area contributed by atoms with Crippen molar-refractivity contribution in [2.75, 3.05) is 53.6 Å². The molecule has 32 heavy (non-hydrogen) atoms. The Morgan fingerprint density at radius 2 is 2.03 bits per heavy atom. The number of nitrogens with zero attached hydrogens (tertiary/aromatic N) is 3. The van der Waals surface area contributed by atoms with E-state index in [1.54, 1.807) is 31.6 Å². The van der Waals surface area contributed by atoms with Crippen molar-refractivity contribution in [1.29, 1.82) is 0 Å². The number of methoxy groups -OCH3 is 1. The number of carboxylic acids is 1. The van der Waals surface area contributed by atoms with Gasteiger partial charge in [-0.25, -0.2) is 4.79 Å². The number of hydrogen-bond donors (Lipinski definition) is 1. The van der Waals surface area contributed by atoms with Gasteiger partial charge in [0.2, 0.25) is 0 Å². The van der Waals surface area contributed by atoms with Crippen molar-refractivity contribution in [3.8, 4) is 0 Å². The number of piperidine rings is 1. The van der Waals surface area contributed by atoms with Gasteiger partial charge in [-0.05, 0) is 44.4 Å². The molecule has 1 amide bonds. The van der Waals surface area contributed by atoms with Gasteiger partial charge in [0.15, 0.2) is 0 Å². The average Bonchev–Trinajstić information content (AvgIpc) is 3.13. The normalized spacial score (nSPS) is 23.2. The van der Waals surface area contributed by atoms with Gasteiger partial charge in [0.25, 0.3) is 5.91 Å². The monoisotopic (exact) mass is 461 g/mol. The van der Waals surface area contributed by atoms with E-state index in [0.29, 0.717) is 18.0 Å². The number of aromatic nitrogens is 1. The number of amides is 1. The number of hydrogen-bond acceptors (Lipinski definition) is 6. The predicted molar refractivity (Wildman–Crippen MR) is 109 cm³/mol. The van der Waals surface area contributed by atoms with E-state index in [-0.39, 0.29) is 11.5 Å². The number of rotatable bonds is 6. The summed E-state index contributed by atoms with van der Waals surface area (Å²) in [6.07, 6.45) is 1.34. The molecule has 0 bridgehead atoms. The number of carbonyl (C=O) groups excluding carboxylic acids is 1. The standard InChI is InChI=1S/C19H29N3O3.C2HF3O2/c1-21(10-11-24-2)13-16-12-19(25-14-16)6-3-9-22(15-19)18(23)17-4-7-20-8-5-17;3-2(4,5)1(6)7/h4-5,7-8,16H,3,6,9-15H2,1-2H3;(H,6,7). The molecule has 1 spiro atoms. The summed E-state index contributed by atoms with van der Waals surface area (Å²) in [5.74, 6) is -2.14. The van der Waals surface area contributed by atoms with Gasteiger partial charge < -0.3 is 24.4 Å². The quantitative estimate of drug-likeness (QED) is 0.695. The third kappa shape index (κ3) is 7.72. The van der Waals surface area contributed by atoms with Crippen LogP contribution in [0.1, 0.15) is 29.6 Å². The number of carbonyl (C=O) groups is 2. The molecule has 3 rings (SSSR count). The summed E-state index contributed by atoms with van der Waals surface area (Å²) in [7, 11) is 3.86. The van der Waals surface area contributed by atoms with Gasteiger partial charge in [0.1, 0.15) is 0 Å². The van der Waals surface area contributed by atoms with Gasteiger partial charge >= 0.3 is 12.1 Å². The minimum Gasteiger partial charge on any atom is -0.475 e. The van der Waals surface area contributed by atoms with E-state index in [9.17, 15) is 18.0 Å². The number of likely N-dealkylation sites (tertiary alicyclic amines) is 1. The molecule has 2 aliphatic heterocycles. The zero-order chi connectivity index (χ0) is 23.8. The van der Waals surface area contributed by atoms with Crippen LogP contribution in [0.5, 0.6) is 0 Å². The Morgan fingerprint density at radius 3 is 2.62 bits per heavy atom. The molecule has 0 saturated carbocycles. The Bertz CT molecular complexity index is 750. The Morgan fingerprint density at radius 1 is 1.38 bits per heavy atom. The molecule has 2 fully saturated rings. The summed E-state index contributed by atoms with van der Waals surface area (Å²) >= 11 is 0. The van der Waals surface area contributed by atoms with Crippen LogP contribution >= 0.6 is 0 Å². The fourth-order valence-corrected chi connectivity index (χ4v) is 4.07. The van der Waals surface area contributed by atoms with Crippen LogP contribution < -0.4 is 0 Å². The maximum atomic E-state index is 12.7. The van der Waals surface area contributed by atoms with Gasteiger partial charge in [0, 0.05) is 51.2 Å². The lowest BCUT2D eigenvalue weighted by Crippen LogP contribution is -2.50. The molecule has 1 N–H and O–H groups in total. The molecule has 0 aromatic carbocycles. The first-order chi connectivity index (χ1) is 15.1. The third-order valence-electron chi connectivity index (χ3n) is 5.53. The van der Waals surface area contributed by atoms with E-state index in [0.717, 1.165) is 52.1 Å². The van der Waals surface area contributed by atoms with E-state index in [1.807, 2.05) is 4.90 Å². The molecule has 0 aliphatic carbocycles. The van der Waals surface area contributed by atoms with E-state index in [4.69, 9.17) is 19.4 Å². The third-order valence-corrected chi connectivity index (χ3v) is 5.53. The molecule has 11 heteroatoms. The first-order valence-corrected chi connectivity index (χ1v) is 10.4. The molecule has 1 aromatic heterocycles. The lowest BCUT2D eigenvalue weighted by molar-refractivity contribution is -0.192. The maximum Gasteiger partial charge on any atom is 0.490 e. The number of pyridine rings is 1. The molecule has 1 aromatic rings. The van der Waals surface area contributed by atoms with E-state index in [1.165, 1.54) is 0 Å². The molecule has 2 atom stereocenters. The molecule has 2 saturated heterocycles. The predicted octanol–water partition coefficient (Wildman–Crippen LogP) is 2.30. The van der Waals surface area contributed by atoms with Crippen LogP contribution in [0.2, 0.25) is 0 Å². The van der Waals surface area contributed by atoms with Crippen LogP contribution in [0.3, 0.4) is 0 Å². The fourth-order valence-electron chi connectivity index (χ4n) is 4.07. The highest BCUT2D eigenvalue weighted by Crippen LogP contribution is 2.38. The second-order valence-corrected chi connectivity index (χ2v) is 8.19. The summed E-state index contributed by atoms with van der Waals surface area (Å²) in [6.45, 7) is 5.01. The number of alkyl halides is 3. The summed E-state index contributed by atoms with van der Waals surface area (Å²) < 4.78 is 43.1. The van der Waals surface area contributed by atoms with Gasteiger partial charge in [-0.1, -0.05) is 0 Å². The molecule has 2 unspecified atom stereocenters. The number of halogens is 3. The van der Waals surface area contributed by atoms with E-state index < -0.39 is 12.1 Å². The van der Waals surface area contributed by atoms with Gasteiger partial charge in [0.05, 0.1) is 18.8 Å². The van der Waals surface area contributed by atoms with Crippen LogP contribution in [0, 0.1) is 5.92 Å². The second kappa shape index (κ2) is 11.6. The van der Waals surface area contributed by atoms with Gasteiger partial charge in [-0.15, -0.1) is 0 Å². The van der Waals surface area contributed by atoms with Crippen LogP contribution in [-0.4, -0.2) is 97.1 Å². The summed E-state index contributed by atoms with van der Waals surface area (Å²) in [4.78, 5) is 29.9. The van der Waals surface area contributed by atoms with Crippen molar-refractivity contribution in [3.63, 3.8) is 0 Å². The Balaban J connectivity index is 0.000000451. The van der Waals surface area contributed by atoms with Crippen LogP contribution in [-0.2, 0) is 14.3 Å². The van der Waals surface area contributed by atoms with Crippen LogP contribution in [0.15, 0.2) is 24.5 Å². The van der Waals surface area contributed by atoms with Crippen molar-refractivity contribution in [3.05, 3.63) is 30.1 Å². The highest BCUT2D eigenvalue weighted by Gasteiger charge is 2.44. The zero-order valence-corrected chi connectivity index (χ0v) is 18.3. The van der Waals surface area contributed by atoms with Crippen molar-refractivity contribution < 1.29 is 37.3 Å². The minimum absolute atomic E-state index is 0.0886. The van der Waals surface area contributed by atoms with Crippen molar-refractivity contribution in [2.24, 2.45) is 5.92 Å². The molecule has 2 aliphatic rings. The van der Waals surface area contributed by atoms with Crippen LogP contribution in [0.4, 0.5) is 13.2 Å². The largest absolute Gasteiger partial charge is 0.490 e. The van der Waals surface area contributed by atoms with E-state index >= 15 is 0 Å². The van der Waals surface area contributed by atoms with Crippen molar-refractivity contribution in [1.82, 2.24) is 14.8 Å². The molecular formula is C21H30F3N3O5. The highest BCUT2D eigenvalue weighted by molar-refractivity contribution is 5.94. The first kappa shape index (κ1) is 26.0. The number of ether oxygens (including phenoxy) is 2. The van der Waals surface area contributed by atoms with Crippen LogP contribution in [0.25, 0.3) is 0 Å². The molecule has 0 radical (unpaired) electrons. The zero-order valence-electron chi connectivity index (χ0n) is 18.3. The Hall–Kier alpha value is -2.24. The average molecular weight is 461 g/mol. The summed E-state index contributed by atoms with van der Waals surface area (Å²) in [5.41, 5.74) is 0.550. The molecular weight excluding hydrogens is 431 g/mol. The lowest BCUT2D eigenvalue weighted by atomic mass is 9.86. The number of likely N-dealkylation sites (N-methyl/N-ethyl adjacent to an activating group) is 1. The van der Waals surface area contributed by atoms with Gasteiger partial charge in [-0.2, -0.15) is 13.2 Å². The lowest BCUT2D eigenvalue weighted by Gasteiger charge is -2.40. The first-order valence-electron chi connectivity index (χ1n) is 10.4. The summed E-state index contributed by atoms with van der Waals surface area (Å²) in [6, 6.07) is 3.57. The Labute approximate surface area is 185 Å². The number of aliphatic carboxylic acids is 1. The smallest absolute Gasteiger partial charge is 0.475 e. The molecule has 180 valence electrons. The van der Waals surface area contributed by atoms with Crippen molar-refractivity contribution in [2.45, 2.75) is 31.0 Å². The molecule has 8 nitrogen and oxygen atoms in total. The minimum atomic E-state index is -5.08. The highest BCUT2D eigenvalue weighted by atomic mass is 19.4. The van der Waals surface area contributed by atoms with E-state index in [2.05, 4.69) is 16.9 Å². The summed E-state index contributed by atoms with van der Waals surface area (Å²) in [5, 5.41) is 7.12.